The van der Waals surface area contributed by atoms with Crippen LogP contribution in [-0.4, -0.2) is 10.5 Å². The first-order valence-electron chi connectivity index (χ1n) is 7.53. The maximum atomic E-state index is 4.15. The van der Waals surface area contributed by atoms with Crippen molar-refractivity contribution in [1.29, 1.82) is 0 Å². The van der Waals surface area contributed by atoms with Crippen molar-refractivity contribution in [2.24, 2.45) is 0 Å². The van der Waals surface area contributed by atoms with Crippen LogP contribution in [0.1, 0.15) is 49.4 Å². The van der Waals surface area contributed by atoms with E-state index >= 15 is 0 Å². The van der Waals surface area contributed by atoms with Gasteiger partial charge in [-0.2, -0.15) is 0 Å². The lowest BCUT2D eigenvalue weighted by Gasteiger charge is -2.43. The molecule has 1 aliphatic heterocycles. The smallest absolute Gasteiger partial charge is 0.0584 e. The summed E-state index contributed by atoms with van der Waals surface area (Å²) in [5.74, 6) is 0. The van der Waals surface area contributed by atoms with Crippen LogP contribution in [0.25, 0.3) is 0 Å². The Bertz CT molecular complexity index is 573. The Morgan fingerprint density at radius 3 is 2.50 bits per heavy atom. The van der Waals surface area contributed by atoms with E-state index in [-0.39, 0.29) is 11.6 Å². The Morgan fingerprint density at radius 2 is 1.80 bits per heavy atom. The lowest BCUT2D eigenvalue weighted by Crippen LogP contribution is -2.51. The van der Waals surface area contributed by atoms with Crippen LogP contribution >= 0.6 is 0 Å². The largest absolute Gasteiger partial charge is 0.300 e. The molecule has 0 spiro atoms. The van der Waals surface area contributed by atoms with E-state index in [0.29, 0.717) is 0 Å². The van der Waals surface area contributed by atoms with Crippen LogP contribution in [0, 0.1) is 0 Å². The van der Waals surface area contributed by atoms with Gasteiger partial charge in [0.15, 0.2) is 0 Å². The summed E-state index contributed by atoms with van der Waals surface area (Å²) in [6.07, 6.45) is 7.19. The first-order valence-corrected chi connectivity index (χ1v) is 7.53. The summed E-state index contributed by atoms with van der Waals surface area (Å²) < 4.78 is 0. The van der Waals surface area contributed by atoms with Crippen molar-refractivity contribution in [3.05, 3.63) is 65.5 Å². The summed E-state index contributed by atoms with van der Waals surface area (Å²) in [6.45, 7) is 4.57. The Balaban J connectivity index is 2.09. The van der Waals surface area contributed by atoms with Crippen molar-refractivity contribution in [1.82, 2.24) is 10.3 Å². The number of hydrogen-bond acceptors (Lipinski definition) is 2. The SMILES string of the molecule is CCC1(CC)Cc2ccccc2C(c2ccncc2)N1. The average molecular weight is 266 g/mol. The number of hydrogen-bond donors (Lipinski definition) is 1. The molecular weight excluding hydrogens is 244 g/mol. The number of nitrogens with one attached hydrogen (secondary N) is 1. The fourth-order valence-corrected chi connectivity index (χ4v) is 3.30. The second-order valence-electron chi connectivity index (χ2n) is 5.72. The summed E-state index contributed by atoms with van der Waals surface area (Å²) in [7, 11) is 0. The van der Waals surface area contributed by atoms with Crippen molar-refractivity contribution >= 4 is 0 Å². The molecule has 2 heterocycles. The maximum Gasteiger partial charge on any atom is 0.0584 e. The van der Waals surface area contributed by atoms with Gasteiger partial charge in [-0.3, -0.25) is 4.98 Å². The predicted octanol–water partition coefficient (Wildman–Crippen LogP) is 3.88. The number of benzene rings is 1. The molecule has 2 heteroatoms. The topological polar surface area (TPSA) is 24.9 Å². The molecule has 1 atom stereocenters. The number of nitrogens with zero attached hydrogens (tertiary/aromatic N) is 1. The quantitative estimate of drug-likeness (QED) is 0.912. The molecule has 0 saturated carbocycles. The Morgan fingerprint density at radius 1 is 1.10 bits per heavy atom. The average Bonchev–Trinajstić information content (AvgIpc) is 2.54. The lowest BCUT2D eigenvalue weighted by molar-refractivity contribution is 0.259. The number of fused-ring (bicyclic) bond motifs is 1. The van der Waals surface area contributed by atoms with E-state index in [1.165, 1.54) is 16.7 Å². The number of pyridine rings is 1. The summed E-state index contributed by atoms with van der Waals surface area (Å²) in [5, 5.41) is 3.91. The first-order chi connectivity index (χ1) is 9.78. The third kappa shape index (κ3) is 2.25. The minimum Gasteiger partial charge on any atom is -0.300 e. The molecule has 1 aromatic heterocycles. The van der Waals surface area contributed by atoms with E-state index in [1.54, 1.807) is 0 Å². The number of rotatable bonds is 3. The van der Waals surface area contributed by atoms with Gasteiger partial charge in [-0.15, -0.1) is 0 Å². The van der Waals surface area contributed by atoms with Crippen LogP contribution < -0.4 is 5.32 Å². The molecule has 0 amide bonds. The van der Waals surface area contributed by atoms with Crippen molar-refractivity contribution in [2.75, 3.05) is 0 Å². The molecule has 0 bridgehead atoms. The molecule has 1 unspecified atom stereocenters. The molecule has 0 fully saturated rings. The normalized spacial score (nSPS) is 20.4. The molecule has 20 heavy (non-hydrogen) atoms. The molecule has 1 aromatic carbocycles. The minimum atomic E-state index is 0.211. The molecule has 0 saturated heterocycles. The minimum absolute atomic E-state index is 0.211. The zero-order chi connectivity index (χ0) is 14.0. The second-order valence-corrected chi connectivity index (χ2v) is 5.72. The molecule has 2 aromatic rings. The molecule has 1 aliphatic rings. The molecule has 1 N–H and O–H groups in total. The standard InChI is InChI=1S/C18H22N2/c1-3-18(4-2)13-15-7-5-6-8-16(15)17(20-18)14-9-11-19-12-10-14/h5-12,17,20H,3-4,13H2,1-2H3. The third-order valence-corrected chi connectivity index (χ3v) is 4.74. The number of aromatic nitrogens is 1. The fourth-order valence-electron chi connectivity index (χ4n) is 3.30. The highest BCUT2D eigenvalue weighted by molar-refractivity contribution is 5.40. The molecule has 0 aliphatic carbocycles. The van der Waals surface area contributed by atoms with Crippen LogP contribution in [0.5, 0.6) is 0 Å². The fraction of sp³-hybridized carbons (Fsp3) is 0.389. The van der Waals surface area contributed by atoms with Gasteiger partial charge in [0.25, 0.3) is 0 Å². The van der Waals surface area contributed by atoms with Gasteiger partial charge in [-0.25, -0.2) is 0 Å². The van der Waals surface area contributed by atoms with Crippen LogP contribution in [-0.2, 0) is 6.42 Å². The lowest BCUT2D eigenvalue weighted by atomic mass is 9.77. The van der Waals surface area contributed by atoms with Crippen LogP contribution in [0.4, 0.5) is 0 Å². The molecule has 104 valence electrons. The second kappa shape index (κ2) is 5.37. The van der Waals surface area contributed by atoms with E-state index in [9.17, 15) is 0 Å². The summed E-state index contributed by atoms with van der Waals surface area (Å²) in [4.78, 5) is 4.15. The van der Waals surface area contributed by atoms with Gasteiger partial charge < -0.3 is 5.32 Å². The summed E-state index contributed by atoms with van der Waals surface area (Å²) >= 11 is 0. The van der Waals surface area contributed by atoms with Gasteiger partial charge in [-0.1, -0.05) is 38.1 Å². The summed E-state index contributed by atoms with van der Waals surface area (Å²) in [5.41, 5.74) is 4.41. The van der Waals surface area contributed by atoms with Crippen molar-refractivity contribution < 1.29 is 0 Å². The zero-order valence-corrected chi connectivity index (χ0v) is 12.3. The van der Waals surface area contributed by atoms with Crippen LogP contribution in [0.15, 0.2) is 48.8 Å². The van der Waals surface area contributed by atoms with Crippen LogP contribution in [0.2, 0.25) is 0 Å². The maximum absolute atomic E-state index is 4.15. The van der Waals surface area contributed by atoms with E-state index in [4.69, 9.17) is 0 Å². The van der Waals surface area contributed by atoms with Gasteiger partial charge in [0.05, 0.1) is 6.04 Å². The van der Waals surface area contributed by atoms with E-state index in [1.807, 2.05) is 12.4 Å². The highest BCUT2D eigenvalue weighted by atomic mass is 15.0. The van der Waals surface area contributed by atoms with Crippen molar-refractivity contribution in [3.8, 4) is 0 Å². The van der Waals surface area contributed by atoms with Gasteiger partial charge in [0, 0.05) is 17.9 Å². The Kier molecular flexibility index (Phi) is 3.58. The van der Waals surface area contributed by atoms with E-state index < -0.39 is 0 Å². The monoisotopic (exact) mass is 266 g/mol. The predicted molar refractivity (Wildman–Crippen MR) is 82.7 cm³/mol. The zero-order valence-electron chi connectivity index (χ0n) is 12.3. The molecule has 3 rings (SSSR count). The molecule has 0 radical (unpaired) electrons. The van der Waals surface area contributed by atoms with E-state index in [2.05, 4.69) is 60.5 Å². The first kappa shape index (κ1) is 13.3. The highest BCUT2D eigenvalue weighted by Crippen LogP contribution is 2.37. The van der Waals surface area contributed by atoms with Crippen molar-refractivity contribution in [3.63, 3.8) is 0 Å². The van der Waals surface area contributed by atoms with Gasteiger partial charge in [0.2, 0.25) is 0 Å². The van der Waals surface area contributed by atoms with Gasteiger partial charge in [-0.05, 0) is 48.1 Å². The highest BCUT2D eigenvalue weighted by Gasteiger charge is 2.36. The van der Waals surface area contributed by atoms with Crippen LogP contribution in [0.3, 0.4) is 0 Å². The van der Waals surface area contributed by atoms with E-state index in [0.717, 1.165) is 19.3 Å². The van der Waals surface area contributed by atoms with Gasteiger partial charge in [0.1, 0.15) is 0 Å². The Hall–Kier alpha value is -1.67. The van der Waals surface area contributed by atoms with Crippen molar-refractivity contribution in [2.45, 2.75) is 44.7 Å². The molecule has 2 nitrogen and oxygen atoms in total. The Labute approximate surface area is 121 Å². The summed E-state index contributed by atoms with van der Waals surface area (Å²) in [6, 6.07) is 13.4. The van der Waals surface area contributed by atoms with Gasteiger partial charge >= 0.3 is 0 Å². The third-order valence-electron chi connectivity index (χ3n) is 4.74. The molecular formula is C18H22N2.